The van der Waals surface area contributed by atoms with E-state index < -0.39 is 0 Å². The molecular formula is C13H25NO2. The van der Waals surface area contributed by atoms with Gasteiger partial charge in [0.05, 0.1) is 6.61 Å². The minimum Gasteiger partial charge on any atom is -0.395 e. The first-order chi connectivity index (χ1) is 7.64. The van der Waals surface area contributed by atoms with Gasteiger partial charge in [0, 0.05) is 18.5 Å². The van der Waals surface area contributed by atoms with E-state index in [1.807, 2.05) is 4.90 Å². The highest BCUT2D eigenvalue weighted by Gasteiger charge is 2.37. The van der Waals surface area contributed by atoms with E-state index in [1.54, 1.807) is 0 Å². The molecule has 1 N–H and O–H groups in total. The average molecular weight is 227 g/mol. The second-order valence-corrected chi connectivity index (χ2v) is 5.14. The number of aliphatic hydroxyl groups excluding tert-OH is 1. The molecule has 16 heavy (non-hydrogen) atoms. The molecule has 0 atom stereocenters. The normalized spacial score (nSPS) is 19.4. The lowest BCUT2D eigenvalue weighted by Crippen LogP contribution is -2.45. The van der Waals surface area contributed by atoms with E-state index in [9.17, 15) is 4.79 Å². The van der Waals surface area contributed by atoms with Crippen LogP contribution in [0.15, 0.2) is 0 Å². The van der Waals surface area contributed by atoms with Gasteiger partial charge in [-0.3, -0.25) is 4.79 Å². The van der Waals surface area contributed by atoms with Crippen LogP contribution < -0.4 is 0 Å². The molecular weight excluding hydrogens is 202 g/mol. The third-order valence-corrected chi connectivity index (χ3v) is 3.62. The maximum atomic E-state index is 12.4. The average Bonchev–Trinajstić information content (AvgIpc) is 2.29. The van der Waals surface area contributed by atoms with Crippen LogP contribution in [0.5, 0.6) is 0 Å². The summed E-state index contributed by atoms with van der Waals surface area (Å²) in [6.45, 7) is 5.49. The molecule has 0 aliphatic heterocycles. The summed E-state index contributed by atoms with van der Waals surface area (Å²) >= 11 is 0. The zero-order chi connectivity index (χ0) is 12.0. The number of rotatable bonds is 5. The summed E-state index contributed by atoms with van der Waals surface area (Å²) in [5.74, 6) is 0.253. The molecule has 1 fully saturated rings. The van der Waals surface area contributed by atoms with E-state index >= 15 is 0 Å². The van der Waals surface area contributed by atoms with Gasteiger partial charge in [-0.25, -0.2) is 0 Å². The second-order valence-electron chi connectivity index (χ2n) is 5.14. The number of hydrogen-bond donors (Lipinski definition) is 1. The van der Waals surface area contributed by atoms with Crippen molar-refractivity contribution in [2.75, 3.05) is 19.7 Å². The largest absolute Gasteiger partial charge is 0.395 e. The maximum absolute atomic E-state index is 12.4. The smallest absolute Gasteiger partial charge is 0.228 e. The summed E-state index contributed by atoms with van der Waals surface area (Å²) < 4.78 is 0. The topological polar surface area (TPSA) is 40.5 Å². The Kier molecular flexibility index (Phi) is 5.26. The quantitative estimate of drug-likeness (QED) is 0.782. The Hall–Kier alpha value is -0.570. The fraction of sp³-hybridized carbons (Fsp3) is 0.923. The summed E-state index contributed by atoms with van der Waals surface area (Å²) in [4.78, 5) is 14.3. The summed E-state index contributed by atoms with van der Waals surface area (Å²) in [5, 5.41) is 9.00. The van der Waals surface area contributed by atoms with Crippen LogP contribution >= 0.6 is 0 Å². The minimum atomic E-state index is -0.164. The van der Waals surface area contributed by atoms with Gasteiger partial charge in [-0.1, -0.05) is 33.1 Å². The molecule has 0 aromatic heterocycles. The summed E-state index contributed by atoms with van der Waals surface area (Å²) in [6, 6.07) is 0. The Morgan fingerprint density at radius 1 is 1.25 bits per heavy atom. The Morgan fingerprint density at radius 2 is 1.88 bits per heavy atom. The van der Waals surface area contributed by atoms with E-state index in [-0.39, 0.29) is 17.9 Å². The fourth-order valence-corrected chi connectivity index (χ4v) is 2.63. The third kappa shape index (κ3) is 3.21. The molecule has 1 amide bonds. The van der Waals surface area contributed by atoms with Gasteiger partial charge in [-0.2, -0.15) is 0 Å². The van der Waals surface area contributed by atoms with Gasteiger partial charge in [-0.15, -0.1) is 0 Å². The molecule has 3 nitrogen and oxygen atoms in total. The Labute approximate surface area is 98.8 Å². The minimum absolute atomic E-state index is 0.0713. The molecule has 0 radical (unpaired) electrons. The lowest BCUT2D eigenvalue weighted by molar-refractivity contribution is -0.143. The number of nitrogens with zero attached hydrogens (tertiary/aromatic N) is 1. The summed E-state index contributed by atoms with van der Waals surface area (Å²) in [6.07, 6.45) is 6.58. The molecule has 1 aliphatic carbocycles. The van der Waals surface area contributed by atoms with Crippen LogP contribution in [-0.2, 0) is 4.79 Å². The predicted molar refractivity (Wildman–Crippen MR) is 65.1 cm³/mol. The van der Waals surface area contributed by atoms with Crippen molar-refractivity contribution in [2.24, 2.45) is 5.41 Å². The predicted octanol–water partition coefficient (Wildman–Crippen LogP) is 2.19. The first-order valence-electron chi connectivity index (χ1n) is 6.54. The van der Waals surface area contributed by atoms with Crippen LogP contribution in [0, 0.1) is 5.41 Å². The molecule has 0 bridgehead atoms. The monoisotopic (exact) mass is 227 g/mol. The van der Waals surface area contributed by atoms with Crippen molar-refractivity contribution < 1.29 is 9.90 Å². The molecule has 0 saturated heterocycles. The zero-order valence-electron chi connectivity index (χ0n) is 10.7. The molecule has 0 aromatic rings. The van der Waals surface area contributed by atoms with Crippen molar-refractivity contribution in [3.05, 3.63) is 0 Å². The molecule has 0 unspecified atom stereocenters. The second kappa shape index (κ2) is 6.24. The molecule has 94 valence electrons. The maximum Gasteiger partial charge on any atom is 0.228 e. The summed E-state index contributed by atoms with van der Waals surface area (Å²) in [5.41, 5.74) is -0.164. The molecule has 3 heteroatoms. The van der Waals surface area contributed by atoms with Crippen molar-refractivity contribution in [3.63, 3.8) is 0 Å². The van der Waals surface area contributed by atoms with Crippen molar-refractivity contribution in [2.45, 2.75) is 52.4 Å². The van der Waals surface area contributed by atoms with Crippen LogP contribution in [0.1, 0.15) is 52.4 Å². The van der Waals surface area contributed by atoms with E-state index in [1.165, 1.54) is 19.3 Å². The highest BCUT2D eigenvalue weighted by atomic mass is 16.3. The van der Waals surface area contributed by atoms with Gasteiger partial charge in [0.1, 0.15) is 0 Å². The standard InChI is InChI=1S/C13H25NO2/c1-3-9-14(10-11-15)12(16)13(2)7-5-4-6-8-13/h15H,3-11H2,1-2H3. The van der Waals surface area contributed by atoms with Crippen LogP contribution in [0.3, 0.4) is 0 Å². The van der Waals surface area contributed by atoms with Gasteiger partial charge < -0.3 is 10.0 Å². The fourth-order valence-electron chi connectivity index (χ4n) is 2.63. The first-order valence-corrected chi connectivity index (χ1v) is 6.54. The van der Waals surface area contributed by atoms with Crippen molar-refractivity contribution in [1.29, 1.82) is 0 Å². The number of hydrogen-bond acceptors (Lipinski definition) is 2. The number of carbonyl (C=O) groups is 1. The molecule has 1 aliphatic rings. The molecule has 1 rings (SSSR count). The lowest BCUT2D eigenvalue weighted by Gasteiger charge is -2.37. The van der Waals surface area contributed by atoms with Crippen molar-refractivity contribution >= 4 is 5.91 Å². The third-order valence-electron chi connectivity index (χ3n) is 3.62. The Bertz CT molecular complexity index is 216. The molecule has 0 aromatic carbocycles. The van der Waals surface area contributed by atoms with E-state index in [0.717, 1.165) is 25.8 Å². The first kappa shape index (κ1) is 13.5. The van der Waals surface area contributed by atoms with Crippen molar-refractivity contribution in [3.8, 4) is 0 Å². The van der Waals surface area contributed by atoms with Gasteiger partial charge in [0.25, 0.3) is 0 Å². The molecule has 0 heterocycles. The Balaban J connectivity index is 2.63. The zero-order valence-corrected chi connectivity index (χ0v) is 10.7. The lowest BCUT2D eigenvalue weighted by atomic mass is 9.74. The van der Waals surface area contributed by atoms with Gasteiger partial charge in [0.15, 0.2) is 0 Å². The number of aliphatic hydroxyl groups is 1. The molecule has 0 spiro atoms. The van der Waals surface area contributed by atoms with Crippen LogP contribution in [0.25, 0.3) is 0 Å². The van der Waals surface area contributed by atoms with Crippen LogP contribution in [0.4, 0.5) is 0 Å². The number of carbonyl (C=O) groups excluding carboxylic acids is 1. The SMILES string of the molecule is CCCN(CCO)C(=O)C1(C)CCCCC1. The van der Waals surface area contributed by atoms with Gasteiger partial charge >= 0.3 is 0 Å². The van der Waals surface area contributed by atoms with Crippen LogP contribution in [-0.4, -0.2) is 35.6 Å². The van der Waals surface area contributed by atoms with Crippen LogP contribution in [0.2, 0.25) is 0 Å². The van der Waals surface area contributed by atoms with E-state index in [0.29, 0.717) is 6.54 Å². The molecule has 1 saturated carbocycles. The Morgan fingerprint density at radius 3 is 2.38 bits per heavy atom. The van der Waals surface area contributed by atoms with Crippen molar-refractivity contribution in [1.82, 2.24) is 4.90 Å². The summed E-state index contributed by atoms with van der Waals surface area (Å²) in [7, 11) is 0. The number of amides is 1. The highest BCUT2D eigenvalue weighted by Crippen LogP contribution is 2.37. The van der Waals surface area contributed by atoms with E-state index in [4.69, 9.17) is 5.11 Å². The highest BCUT2D eigenvalue weighted by molar-refractivity contribution is 5.82. The van der Waals surface area contributed by atoms with E-state index in [2.05, 4.69) is 13.8 Å². The van der Waals surface area contributed by atoms with Gasteiger partial charge in [0.2, 0.25) is 5.91 Å². The van der Waals surface area contributed by atoms with Gasteiger partial charge in [-0.05, 0) is 19.3 Å².